The maximum absolute atomic E-state index is 14.0. The highest BCUT2D eigenvalue weighted by Gasteiger charge is 2.56. The number of methoxy groups -OCH3 is 1. The summed E-state index contributed by atoms with van der Waals surface area (Å²) in [5, 5.41) is 2.64. The van der Waals surface area contributed by atoms with Gasteiger partial charge in [-0.1, -0.05) is 45.1 Å². The van der Waals surface area contributed by atoms with E-state index in [0.29, 0.717) is 50.7 Å². The Morgan fingerprint density at radius 3 is 2.43 bits per heavy atom. The summed E-state index contributed by atoms with van der Waals surface area (Å²) >= 11 is 5.65. The van der Waals surface area contributed by atoms with E-state index in [1.165, 1.54) is 16.7 Å². The highest BCUT2D eigenvalue weighted by Crippen LogP contribution is 2.53. The molecule has 0 spiro atoms. The summed E-state index contributed by atoms with van der Waals surface area (Å²) in [5.41, 5.74) is 1.77. The van der Waals surface area contributed by atoms with E-state index in [4.69, 9.17) is 14.2 Å². The lowest BCUT2D eigenvalue weighted by Gasteiger charge is -2.30. The Labute approximate surface area is 268 Å². The average Bonchev–Trinajstić information content (AvgIpc) is 3.51. The Balaban J connectivity index is 1.29. The number of hydrogen-bond acceptors (Lipinski definition) is 9. The van der Waals surface area contributed by atoms with Crippen molar-refractivity contribution in [3.05, 3.63) is 91.3 Å². The zero-order chi connectivity index (χ0) is 31.0. The molecule has 3 amide bonds. The monoisotopic (exact) mass is 695 g/mol. The van der Waals surface area contributed by atoms with Crippen LogP contribution in [0.4, 0.5) is 11.4 Å². The van der Waals surface area contributed by atoms with Crippen molar-refractivity contribution in [2.45, 2.75) is 23.1 Å². The molecule has 6 rings (SSSR count). The molecule has 1 aromatic heterocycles. The third-order valence-electron chi connectivity index (χ3n) is 7.27. The van der Waals surface area contributed by atoms with Gasteiger partial charge in [-0.3, -0.25) is 19.2 Å². The Morgan fingerprint density at radius 2 is 1.73 bits per heavy atom. The van der Waals surface area contributed by atoms with Gasteiger partial charge in [-0.25, -0.2) is 4.90 Å². The number of rotatable bonds is 9. The minimum absolute atomic E-state index is 0.259. The first kappa shape index (κ1) is 30.0. The maximum atomic E-state index is 14.0. The second-order valence-corrected chi connectivity index (χ2v) is 13.0. The number of fused-ring (bicyclic) bond motifs is 2. The normalized spacial score (nSPS) is 18.9. The van der Waals surface area contributed by atoms with Crippen LogP contribution in [0.15, 0.2) is 81.0 Å². The van der Waals surface area contributed by atoms with Crippen LogP contribution in [0.1, 0.15) is 23.3 Å². The summed E-state index contributed by atoms with van der Waals surface area (Å²) in [6.07, 6.45) is 0. The first-order chi connectivity index (χ1) is 21.3. The molecule has 1 fully saturated rings. The van der Waals surface area contributed by atoms with Gasteiger partial charge < -0.3 is 24.5 Å². The molecule has 0 saturated carbocycles. The van der Waals surface area contributed by atoms with Crippen molar-refractivity contribution in [2.24, 2.45) is 5.92 Å². The third kappa shape index (κ3) is 5.74. The number of aromatic nitrogens is 1. The lowest BCUT2D eigenvalue weighted by molar-refractivity contribution is -0.122. The molecule has 0 bridgehead atoms. The summed E-state index contributed by atoms with van der Waals surface area (Å²) in [5.74, 6) is -0.956. The lowest BCUT2D eigenvalue weighted by atomic mass is 9.83. The topological polar surface area (TPSA) is 127 Å². The fraction of sp³-hybridized carbons (Fsp3) is 0.226. The van der Waals surface area contributed by atoms with Crippen molar-refractivity contribution in [3.8, 4) is 17.2 Å². The van der Waals surface area contributed by atoms with E-state index in [0.717, 1.165) is 15.8 Å². The van der Waals surface area contributed by atoms with Crippen LogP contribution in [-0.4, -0.2) is 48.3 Å². The predicted octanol–water partition coefficient (Wildman–Crippen LogP) is 5.42. The number of nitrogens with one attached hydrogen (secondary N) is 2. The molecule has 0 radical (unpaired) electrons. The minimum Gasteiger partial charge on any atom is -0.497 e. The zero-order valence-electron chi connectivity index (χ0n) is 23.5. The van der Waals surface area contributed by atoms with Gasteiger partial charge in [0, 0.05) is 21.0 Å². The Hall–Kier alpha value is -4.07. The first-order valence-electron chi connectivity index (χ1n) is 13.6. The number of hydrogen-bond donors (Lipinski definition) is 2. The minimum atomic E-state index is -0.744. The number of carbonyl (C=O) groups is 3. The van der Waals surface area contributed by atoms with Crippen molar-refractivity contribution in [3.63, 3.8) is 0 Å². The van der Waals surface area contributed by atoms with Crippen LogP contribution in [0.2, 0.25) is 0 Å². The number of nitrogens with zero attached hydrogens (tertiary/aromatic N) is 1. The van der Waals surface area contributed by atoms with Gasteiger partial charge in [0.2, 0.25) is 11.8 Å². The van der Waals surface area contributed by atoms with Crippen LogP contribution >= 0.6 is 39.0 Å². The molecule has 13 heteroatoms. The number of carbonyl (C=O) groups excluding carboxylic acids is 3. The molecule has 226 valence electrons. The number of H-pyrrole nitrogens is 1. The average molecular weight is 697 g/mol. The molecule has 2 unspecified atom stereocenters. The van der Waals surface area contributed by atoms with Crippen molar-refractivity contribution < 1.29 is 28.6 Å². The van der Waals surface area contributed by atoms with Crippen LogP contribution in [-0.2, 0) is 14.4 Å². The number of benzene rings is 3. The van der Waals surface area contributed by atoms with Crippen molar-refractivity contribution in [2.75, 3.05) is 30.5 Å². The molecule has 10 nitrogen and oxygen atoms in total. The quantitative estimate of drug-likeness (QED) is 0.222. The molecular formula is C31H26BrN3O7S2. The van der Waals surface area contributed by atoms with E-state index in [1.54, 1.807) is 73.8 Å². The standard InChI is InChI=1S/C31H26BrN3O7S2/c1-3-41-22-14-16(4-13-21(22)42-15-23(36)33-18-7-11-20(40-2)12-8-18)24-25-27(43-28-26(24)44-31(39)34-28)30(38)35(29(25)37)19-9-5-17(32)6-10-19/h4-14,24-25,27H,3,15H2,1-2H3,(H,33,36)(H,34,39)/t24-,25?,27?/m1/s1. The predicted molar refractivity (Wildman–Crippen MR) is 171 cm³/mol. The highest BCUT2D eigenvalue weighted by atomic mass is 79.9. The molecule has 3 atom stereocenters. The molecule has 1 saturated heterocycles. The van der Waals surface area contributed by atoms with E-state index in [1.807, 2.05) is 6.92 Å². The molecule has 2 aliphatic heterocycles. The van der Waals surface area contributed by atoms with Gasteiger partial charge in [-0.2, -0.15) is 0 Å². The maximum Gasteiger partial charge on any atom is 0.305 e. The fourth-order valence-corrected chi connectivity index (χ4v) is 8.12. The summed E-state index contributed by atoms with van der Waals surface area (Å²) in [7, 11) is 1.57. The summed E-state index contributed by atoms with van der Waals surface area (Å²) in [6.45, 7) is 1.88. The van der Waals surface area contributed by atoms with E-state index < -0.39 is 17.1 Å². The smallest absolute Gasteiger partial charge is 0.305 e. The fourth-order valence-electron chi connectivity index (χ4n) is 5.34. The third-order valence-corrected chi connectivity index (χ3v) is 10.2. The van der Waals surface area contributed by atoms with Gasteiger partial charge in [-0.05, 0) is 73.2 Å². The van der Waals surface area contributed by atoms with Gasteiger partial charge >= 0.3 is 4.87 Å². The number of anilines is 2. The zero-order valence-corrected chi connectivity index (χ0v) is 26.7. The van der Waals surface area contributed by atoms with Gasteiger partial charge in [0.25, 0.3) is 5.91 Å². The Kier molecular flexibility index (Phi) is 8.52. The lowest BCUT2D eigenvalue weighted by Crippen LogP contribution is -2.32. The number of amides is 3. The molecule has 3 aromatic carbocycles. The molecular weight excluding hydrogens is 670 g/mol. The van der Waals surface area contributed by atoms with E-state index in [2.05, 4.69) is 26.2 Å². The highest BCUT2D eigenvalue weighted by molar-refractivity contribution is 9.10. The number of ether oxygens (including phenoxy) is 3. The van der Waals surface area contributed by atoms with Gasteiger partial charge in [0.1, 0.15) is 11.0 Å². The molecule has 44 heavy (non-hydrogen) atoms. The van der Waals surface area contributed by atoms with Gasteiger partial charge in [-0.15, -0.1) is 0 Å². The summed E-state index contributed by atoms with van der Waals surface area (Å²) in [4.78, 5) is 57.2. The van der Waals surface area contributed by atoms with Gasteiger partial charge in [0.15, 0.2) is 18.1 Å². The summed E-state index contributed by atoms with van der Waals surface area (Å²) in [6, 6.07) is 19.2. The largest absolute Gasteiger partial charge is 0.497 e. The molecule has 3 heterocycles. The molecule has 2 N–H and O–H groups in total. The second-order valence-electron chi connectivity index (χ2n) is 9.94. The van der Waals surface area contributed by atoms with Crippen LogP contribution in [0, 0.1) is 5.92 Å². The van der Waals surface area contributed by atoms with Crippen LogP contribution in [0.25, 0.3) is 0 Å². The molecule has 0 aliphatic carbocycles. The van der Waals surface area contributed by atoms with Crippen molar-refractivity contribution >= 4 is 68.1 Å². The molecule has 2 aliphatic rings. The SMILES string of the molecule is CCOc1cc([C@H]2c3sc(=O)[nH]c3SC3C(=O)N(c4ccc(Br)cc4)C(=O)C32)ccc1OCC(=O)Nc1ccc(OC)cc1. The van der Waals surface area contributed by atoms with Crippen LogP contribution < -0.4 is 29.3 Å². The number of aromatic amines is 1. The Morgan fingerprint density at radius 1 is 0.977 bits per heavy atom. The summed E-state index contributed by atoms with van der Waals surface area (Å²) < 4.78 is 17.7. The van der Waals surface area contributed by atoms with E-state index >= 15 is 0 Å². The number of thioether (sulfide) groups is 1. The number of imide groups is 1. The molecule has 4 aromatic rings. The van der Waals surface area contributed by atoms with E-state index in [9.17, 15) is 19.2 Å². The van der Waals surface area contributed by atoms with E-state index in [-0.39, 0.29) is 29.2 Å². The first-order valence-corrected chi connectivity index (χ1v) is 16.1. The van der Waals surface area contributed by atoms with Crippen LogP contribution in [0.3, 0.4) is 0 Å². The van der Waals surface area contributed by atoms with Crippen molar-refractivity contribution in [1.29, 1.82) is 0 Å². The second kappa shape index (κ2) is 12.5. The number of thiazole rings is 1. The van der Waals surface area contributed by atoms with Gasteiger partial charge in [0.05, 0.1) is 30.3 Å². The Bertz CT molecular complexity index is 1790. The number of halogens is 1. The van der Waals surface area contributed by atoms with Crippen LogP contribution in [0.5, 0.6) is 17.2 Å². The van der Waals surface area contributed by atoms with Crippen molar-refractivity contribution in [1.82, 2.24) is 4.98 Å².